The fourth-order valence-corrected chi connectivity index (χ4v) is 9.00. The van der Waals surface area contributed by atoms with E-state index in [1.807, 2.05) is 20.0 Å². The normalized spacial score (nSPS) is 29.1. The number of benzene rings is 1. The Balaban J connectivity index is 1.17. The lowest BCUT2D eigenvalue weighted by Gasteiger charge is -2.58. The van der Waals surface area contributed by atoms with Crippen molar-refractivity contribution in [2.45, 2.75) is 99.5 Å². The van der Waals surface area contributed by atoms with Crippen LogP contribution in [0.2, 0.25) is 0 Å². The molecule has 248 valence electrons. The van der Waals surface area contributed by atoms with Gasteiger partial charge in [0.15, 0.2) is 17.3 Å². The number of ether oxygens (including phenoxy) is 3. The van der Waals surface area contributed by atoms with Crippen molar-refractivity contribution in [1.29, 1.82) is 5.26 Å². The van der Waals surface area contributed by atoms with Gasteiger partial charge >= 0.3 is 0 Å². The van der Waals surface area contributed by atoms with E-state index in [-0.39, 0.29) is 42.8 Å². The van der Waals surface area contributed by atoms with E-state index < -0.39 is 23.0 Å². The van der Waals surface area contributed by atoms with Crippen molar-refractivity contribution < 1.29 is 27.5 Å². The van der Waals surface area contributed by atoms with E-state index in [0.717, 1.165) is 61.1 Å². The molecule has 0 radical (unpaired) electrons. The Hall–Kier alpha value is -3.86. The molecule has 2 spiro atoms. The van der Waals surface area contributed by atoms with Crippen LogP contribution < -0.4 is 20.5 Å². The number of likely N-dealkylation sites (N-methyl/N-ethyl adjacent to an activating group) is 1. The summed E-state index contributed by atoms with van der Waals surface area (Å²) in [5, 5.41) is 17.8. The number of rotatable bonds is 7. The van der Waals surface area contributed by atoms with E-state index in [9.17, 15) is 14.0 Å². The number of fused-ring (bicyclic) bond motifs is 4. The number of nitrogens with one attached hydrogen (secondary N) is 1. The van der Waals surface area contributed by atoms with Crippen molar-refractivity contribution in [1.82, 2.24) is 25.3 Å². The molecule has 11 nitrogen and oxygen atoms in total. The number of nitrogens with two attached hydrogens (primary N) is 1. The van der Waals surface area contributed by atoms with Crippen molar-refractivity contribution >= 4 is 5.69 Å². The highest BCUT2D eigenvalue weighted by Gasteiger charge is 2.65. The second-order valence-electron chi connectivity index (χ2n) is 14.0. The third-order valence-corrected chi connectivity index (χ3v) is 11.3. The summed E-state index contributed by atoms with van der Waals surface area (Å²) in [5.41, 5.74) is 9.38. The van der Waals surface area contributed by atoms with E-state index in [4.69, 9.17) is 34.4 Å². The maximum atomic E-state index is 13.9. The molecule has 1 saturated carbocycles. The predicted molar refractivity (Wildman–Crippen MR) is 166 cm³/mol. The molecule has 3 N–H and O–H groups in total. The van der Waals surface area contributed by atoms with Gasteiger partial charge in [0.1, 0.15) is 18.3 Å². The molecule has 1 aromatic carbocycles. The molecule has 13 heteroatoms. The monoisotopic (exact) mass is 647 g/mol. The molecule has 47 heavy (non-hydrogen) atoms. The average molecular weight is 648 g/mol. The Morgan fingerprint density at radius 3 is 2.72 bits per heavy atom. The van der Waals surface area contributed by atoms with E-state index in [1.54, 1.807) is 19.2 Å². The van der Waals surface area contributed by atoms with Gasteiger partial charge in [-0.1, -0.05) is 11.2 Å². The average Bonchev–Trinajstić information content (AvgIpc) is 3.74. The quantitative estimate of drug-likeness (QED) is 0.357. The number of alkyl halides is 2. The highest BCUT2D eigenvalue weighted by atomic mass is 19.3. The number of halogens is 2. The van der Waals surface area contributed by atoms with Gasteiger partial charge in [0.05, 0.1) is 34.7 Å². The largest absolute Gasteiger partial charge is 0.473 e. The van der Waals surface area contributed by atoms with Gasteiger partial charge in [-0.05, 0) is 69.7 Å². The SMILES string of the molecule is CO[C@H]1CCN(C)[C@@H]1[C@H](C)Oc1cc(O[C@@H]2CNC23CC(F)(F)C3)nc(-c2noc3c2CCC[C@@]32CCc3ccc(N)c(C#N)c32)n1. The van der Waals surface area contributed by atoms with Gasteiger partial charge in [-0.15, -0.1) is 0 Å². The van der Waals surface area contributed by atoms with Crippen LogP contribution in [-0.2, 0) is 23.0 Å². The van der Waals surface area contributed by atoms with Crippen LogP contribution in [0.3, 0.4) is 0 Å². The molecule has 0 bridgehead atoms. The lowest BCUT2D eigenvalue weighted by atomic mass is 9.65. The highest BCUT2D eigenvalue weighted by molar-refractivity contribution is 5.68. The van der Waals surface area contributed by atoms with Gasteiger partial charge < -0.3 is 29.8 Å². The third-order valence-electron chi connectivity index (χ3n) is 11.3. The van der Waals surface area contributed by atoms with Crippen LogP contribution in [0.5, 0.6) is 11.8 Å². The number of hydrogen-bond acceptors (Lipinski definition) is 11. The Morgan fingerprint density at radius 2 is 2.00 bits per heavy atom. The lowest BCUT2D eigenvalue weighted by Crippen LogP contribution is -2.78. The van der Waals surface area contributed by atoms with Crippen LogP contribution in [0.4, 0.5) is 14.5 Å². The molecule has 3 aromatic rings. The number of likely N-dealkylation sites (tertiary alicyclic amines) is 1. The molecule has 4 heterocycles. The van der Waals surface area contributed by atoms with Gasteiger partial charge in [-0.2, -0.15) is 15.2 Å². The molecule has 5 aliphatic rings. The van der Waals surface area contributed by atoms with Crippen molar-refractivity contribution in [2.24, 2.45) is 0 Å². The van der Waals surface area contributed by atoms with Crippen LogP contribution in [-0.4, -0.2) is 83.1 Å². The first-order valence-electron chi connectivity index (χ1n) is 16.5. The summed E-state index contributed by atoms with van der Waals surface area (Å²) in [6.07, 6.45) is 3.57. The first-order chi connectivity index (χ1) is 22.6. The summed E-state index contributed by atoms with van der Waals surface area (Å²) in [7, 11) is 3.76. The smallest absolute Gasteiger partial charge is 0.252 e. The molecule has 2 aromatic heterocycles. The van der Waals surface area contributed by atoms with Crippen LogP contribution in [0.1, 0.15) is 73.5 Å². The minimum absolute atomic E-state index is 0.00274. The minimum Gasteiger partial charge on any atom is -0.473 e. The van der Waals surface area contributed by atoms with Gasteiger partial charge in [0.25, 0.3) is 5.92 Å². The molecular weight excluding hydrogens is 608 g/mol. The molecular formula is C34H39F2N7O4. The highest BCUT2D eigenvalue weighted by Crippen LogP contribution is 2.54. The number of aryl methyl sites for hydroxylation is 1. The number of nitrogens with zero attached hydrogens (tertiary/aromatic N) is 5. The Morgan fingerprint density at radius 1 is 1.19 bits per heavy atom. The van der Waals surface area contributed by atoms with Gasteiger partial charge in [0, 0.05) is 44.3 Å². The molecule has 5 atom stereocenters. The van der Waals surface area contributed by atoms with E-state index in [2.05, 4.69) is 21.4 Å². The van der Waals surface area contributed by atoms with E-state index >= 15 is 0 Å². The number of anilines is 1. The zero-order valence-corrected chi connectivity index (χ0v) is 26.8. The van der Waals surface area contributed by atoms with E-state index in [0.29, 0.717) is 35.8 Å². The Bertz CT molecular complexity index is 1770. The molecule has 2 aliphatic heterocycles. The summed E-state index contributed by atoms with van der Waals surface area (Å²) >= 11 is 0. The molecule has 8 rings (SSSR count). The van der Waals surface area contributed by atoms with Crippen molar-refractivity contribution in [3.05, 3.63) is 46.2 Å². The molecule has 0 amide bonds. The fourth-order valence-electron chi connectivity index (χ4n) is 9.00. The maximum Gasteiger partial charge on any atom is 0.252 e. The van der Waals surface area contributed by atoms with Crippen molar-refractivity contribution in [2.75, 3.05) is 33.0 Å². The summed E-state index contributed by atoms with van der Waals surface area (Å²) in [4.78, 5) is 11.8. The summed E-state index contributed by atoms with van der Waals surface area (Å²) in [5.74, 6) is -1.18. The lowest BCUT2D eigenvalue weighted by molar-refractivity contribution is -0.193. The van der Waals surface area contributed by atoms with E-state index in [1.165, 1.54) is 0 Å². The number of methoxy groups -OCH3 is 1. The summed E-state index contributed by atoms with van der Waals surface area (Å²) in [6.45, 7) is 3.31. The summed E-state index contributed by atoms with van der Waals surface area (Å²) < 4.78 is 52.5. The molecule has 3 aliphatic carbocycles. The predicted octanol–water partition coefficient (Wildman–Crippen LogP) is 4.16. The second kappa shape index (κ2) is 10.8. The Labute approximate surface area is 271 Å². The standard InChI is InChI=1S/C34H39F2N7O4/c1-18(29-23(44-3)9-12-43(29)2)45-25-13-26(46-24-15-39-33(24)16-34(35,36)17-33)41-31(40-25)28-20-5-4-10-32(30(20)47-42-28)11-8-19-6-7-22(38)21(14-37)27(19)32/h6-7,13,18,23-24,29,39H,4-5,8-12,15-17,38H2,1-3H3/t18-,23-,24+,29+,32-/m0/s1. The van der Waals surface area contributed by atoms with Crippen LogP contribution in [0.25, 0.3) is 11.5 Å². The minimum atomic E-state index is -2.70. The number of nitrogen functional groups attached to an aromatic ring is 1. The maximum absolute atomic E-state index is 13.9. The van der Waals surface area contributed by atoms with Gasteiger partial charge in [0.2, 0.25) is 11.8 Å². The number of aromatic nitrogens is 3. The topological polar surface area (TPSA) is 145 Å². The Kier molecular flexibility index (Phi) is 7.02. The first kappa shape index (κ1) is 30.5. The number of hydrogen-bond donors (Lipinski definition) is 2. The fraction of sp³-hybridized carbons (Fsp3) is 0.588. The zero-order valence-electron chi connectivity index (χ0n) is 26.8. The van der Waals surface area contributed by atoms with Crippen molar-refractivity contribution in [3.63, 3.8) is 0 Å². The molecule has 2 saturated heterocycles. The molecule has 0 unspecified atom stereocenters. The first-order valence-corrected chi connectivity index (χ1v) is 16.5. The van der Waals surface area contributed by atoms with Crippen LogP contribution in [0.15, 0.2) is 22.7 Å². The van der Waals surface area contributed by atoms with Crippen LogP contribution >= 0.6 is 0 Å². The number of nitriles is 1. The summed E-state index contributed by atoms with van der Waals surface area (Å²) in [6, 6.07) is 7.79. The second-order valence-corrected chi connectivity index (χ2v) is 14.0. The van der Waals surface area contributed by atoms with Crippen molar-refractivity contribution in [3.8, 4) is 29.3 Å². The zero-order chi connectivity index (χ0) is 32.7. The van der Waals surface area contributed by atoms with Crippen LogP contribution in [0, 0.1) is 11.3 Å². The molecule has 3 fully saturated rings. The third kappa shape index (κ3) is 4.70. The van der Waals surface area contributed by atoms with Gasteiger partial charge in [-0.25, -0.2) is 8.78 Å². The van der Waals surface area contributed by atoms with Gasteiger partial charge in [-0.3, -0.25) is 4.90 Å².